The summed E-state index contributed by atoms with van der Waals surface area (Å²) in [6, 6.07) is 19.2. The Kier molecular flexibility index (Phi) is 5.99. The van der Waals surface area contributed by atoms with Gasteiger partial charge in [-0.25, -0.2) is 22.5 Å². The Bertz CT molecular complexity index is 1400. The minimum absolute atomic E-state index is 0.00519. The first-order valence-corrected chi connectivity index (χ1v) is 12.3. The van der Waals surface area contributed by atoms with Crippen LogP contribution in [0.4, 0.5) is 10.8 Å². The zero-order chi connectivity index (χ0) is 22.9. The predicted molar refractivity (Wildman–Crippen MR) is 127 cm³/mol. The summed E-state index contributed by atoms with van der Waals surface area (Å²) >= 11 is 1.30. The van der Waals surface area contributed by atoms with Gasteiger partial charge in [0.25, 0.3) is 10.0 Å². The average molecular weight is 467 g/mol. The number of aryl methyl sites for hydroxylation is 2. The molecule has 1 aromatic heterocycles. The number of anilines is 2. The van der Waals surface area contributed by atoms with Crippen molar-refractivity contribution in [3.8, 4) is 0 Å². The maximum Gasteiger partial charge on any atom is 0.338 e. The lowest BCUT2D eigenvalue weighted by molar-refractivity contribution is 0.0599. The average Bonchev–Trinajstić information content (AvgIpc) is 3.20. The van der Waals surface area contributed by atoms with Crippen molar-refractivity contribution < 1.29 is 17.9 Å². The van der Waals surface area contributed by atoms with Crippen molar-refractivity contribution in [1.82, 2.24) is 4.98 Å². The van der Waals surface area contributed by atoms with Crippen LogP contribution in [0, 0.1) is 6.92 Å². The number of sulfonamides is 1. The third kappa shape index (κ3) is 3.99. The first-order valence-electron chi connectivity index (χ1n) is 10.0. The summed E-state index contributed by atoms with van der Waals surface area (Å²) in [7, 11) is -2.80. The van der Waals surface area contributed by atoms with E-state index < -0.39 is 16.0 Å². The molecular weight excluding hydrogens is 444 g/mol. The molecule has 0 aliphatic rings. The van der Waals surface area contributed by atoms with Crippen molar-refractivity contribution in [2.45, 2.75) is 25.2 Å². The molecule has 0 unspecified atom stereocenters. The second-order valence-corrected chi connectivity index (χ2v) is 10.0. The van der Waals surface area contributed by atoms with Gasteiger partial charge in [0.1, 0.15) is 0 Å². The Morgan fingerprint density at radius 2 is 1.81 bits per heavy atom. The summed E-state index contributed by atoms with van der Waals surface area (Å²) in [6.07, 6.45) is 0.574. The normalized spacial score (nSPS) is 11.5. The molecule has 0 aliphatic carbocycles. The Morgan fingerprint density at radius 3 is 2.50 bits per heavy atom. The van der Waals surface area contributed by atoms with Gasteiger partial charge in [0, 0.05) is 0 Å². The van der Waals surface area contributed by atoms with Gasteiger partial charge < -0.3 is 4.74 Å². The van der Waals surface area contributed by atoms with Crippen LogP contribution < -0.4 is 4.31 Å². The van der Waals surface area contributed by atoms with Crippen LogP contribution in [0.25, 0.3) is 10.2 Å². The molecule has 32 heavy (non-hydrogen) atoms. The van der Waals surface area contributed by atoms with E-state index in [1.54, 1.807) is 30.3 Å². The highest BCUT2D eigenvalue weighted by Gasteiger charge is 2.30. The van der Waals surface area contributed by atoms with Gasteiger partial charge in [-0.2, -0.15) is 0 Å². The number of para-hydroxylation sites is 1. The zero-order valence-corrected chi connectivity index (χ0v) is 19.5. The smallest absolute Gasteiger partial charge is 0.338 e. The van der Waals surface area contributed by atoms with Crippen molar-refractivity contribution >= 4 is 48.4 Å². The molecule has 0 saturated carbocycles. The van der Waals surface area contributed by atoms with Gasteiger partial charge >= 0.3 is 5.97 Å². The van der Waals surface area contributed by atoms with Crippen molar-refractivity contribution in [3.05, 3.63) is 83.4 Å². The van der Waals surface area contributed by atoms with Crippen molar-refractivity contribution in [2.24, 2.45) is 0 Å². The first-order chi connectivity index (χ1) is 15.3. The largest absolute Gasteiger partial charge is 0.465 e. The molecule has 0 atom stereocenters. The van der Waals surface area contributed by atoms with Gasteiger partial charge in [-0.3, -0.25) is 0 Å². The zero-order valence-electron chi connectivity index (χ0n) is 17.9. The van der Waals surface area contributed by atoms with Gasteiger partial charge in [0.15, 0.2) is 0 Å². The molecule has 1 heterocycles. The van der Waals surface area contributed by atoms with Crippen LogP contribution in [0.3, 0.4) is 0 Å². The predicted octanol–water partition coefficient (Wildman–Crippen LogP) is 5.48. The summed E-state index contributed by atoms with van der Waals surface area (Å²) in [5.41, 5.74) is 3.21. The highest BCUT2D eigenvalue weighted by atomic mass is 32.2. The number of ether oxygens (including phenoxy) is 1. The van der Waals surface area contributed by atoms with Crippen molar-refractivity contribution in [1.29, 1.82) is 0 Å². The van der Waals surface area contributed by atoms with Crippen LogP contribution in [0.1, 0.15) is 28.4 Å². The summed E-state index contributed by atoms with van der Waals surface area (Å²) in [5, 5.41) is 0.330. The molecule has 164 valence electrons. The number of thiazole rings is 1. The van der Waals surface area contributed by atoms with Gasteiger partial charge in [0.05, 0.1) is 33.5 Å². The maximum absolute atomic E-state index is 13.9. The number of methoxy groups -OCH3 is 1. The molecule has 6 nitrogen and oxygen atoms in total. The van der Waals surface area contributed by atoms with Crippen LogP contribution in [-0.2, 0) is 21.2 Å². The minimum Gasteiger partial charge on any atom is -0.465 e. The monoisotopic (exact) mass is 466 g/mol. The number of rotatable bonds is 6. The molecule has 8 heteroatoms. The molecular formula is C24H22N2O4S2. The minimum atomic E-state index is -4.08. The topological polar surface area (TPSA) is 76.6 Å². The van der Waals surface area contributed by atoms with E-state index in [9.17, 15) is 13.2 Å². The number of benzene rings is 3. The molecule has 4 rings (SSSR count). The maximum atomic E-state index is 13.9. The summed E-state index contributed by atoms with van der Waals surface area (Å²) in [4.78, 5) is 16.9. The van der Waals surface area contributed by atoms with Crippen LogP contribution >= 0.6 is 11.3 Å². The molecule has 4 aromatic rings. The highest BCUT2D eigenvalue weighted by Crippen LogP contribution is 2.38. The number of esters is 1. The van der Waals surface area contributed by atoms with E-state index in [1.165, 1.54) is 34.9 Å². The van der Waals surface area contributed by atoms with Crippen LogP contribution in [-0.4, -0.2) is 26.5 Å². The highest BCUT2D eigenvalue weighted by molar-refractivity contribution is 7.93. The number of hydrogen-bond donors (Lipinski definition) is 0. The molecule has 0 N–H and O–H groups in total. The molecule has 0 aliphatic heterocycles. The fraction of sp³-hybridized carbons (Fsp3) is 0.167. The van der Waals surface area contributed by atoms with E-state index in [0.717, 1.165) is 21.3 Å². The lowest BCUT2D eigenvalue weighted by atomic mass is 10.1. The van der Waals surface area contributed by atoms with E-state index in [0.29, 0.717) is 17.2 Å². The fourth-order valence-electron chi connectivity index (χ4n) is 3.45. The van der Waals surface area contributed by atoms with Gasteiger partial charge in [-0.15, -0.1) is 0 Å². The van der Waals surface area contributed by atoms with Crippen LogP contribution in [0.5, 0.6) is 0 Å². The second kappa shape index (κ2) is 8.72. The Morgan fingerprint density at radius 1 is 1.06 bits per heavy atom. The SMILES string of the molecule is CCc1ccc(S(=O)(=O)N(c2ccccc2)c2nc3ccc(C)cc3s2)cc1C(=O)OC. The second-order valence-electron chi connectivity index (χ2n) is 7.24. The van der Waals surface area contributed by atoms with E-state index in [2.05, 4.69) is 4.98 Å². The summed E-state index contributed by atoms with van der Waals surface area (Å²) in [5.74, 6) is -0.569. The van der Waals surface area contributed by atoms with Crippen LogP contribution in [0.15, 0.2) is 71.6 Å². The third-order valence-electron chi connectivity index (χ3n) is 5.10. The van der Waals surface area contributed by atoms with Gasteiger partial charge in [-0.1, -0.05) is 48.6 Å². The number of hydrogen-bond acceptors (Lipinski definition) is 6. The third-order valence-corrected chi connectivity index (χ3v) is 7.94. The van der Waals surface area contributed by atoms with Gasteiger partial charge in [-0.05, 0) is 60.9 Å². The van der Waals surface area contributed by atoms with E-state index in [4.69, 9.17) is 4.74 Å². The Hall–Kier alpha value is -3.23. The van der Waals surface area contributed by atoms with Crippen LogP contribution in [0.2, 0.25) is 0 Å². The molecule has 0 radical (unpaired) electrons. The number of aromatic nitrogens is 1. The van der Waals surface area contributed by atoms with E-state index in [-0.39, 0.29) is 10.5 Å². The Labute approximate surface area is 191 Å². The standard InChI is InChI=1S/C24H22N2O4S2/c1-4-17-11-12-19(15-20(17)23(27)30-3)32(28,29)26(18-8-6-5-7-9-18)24-25-21-13-10-16(2)14-22(21)31-24/h5-15H,4H2,1-3H3. The first kappa shape index (κ1) is 22.0. The van der Waals surface area contributed by atoms with Crippen molar-refractivity contribution in [3.63, 3.8) is 0 Å². The fourth-order valence-corrected chi connectivity index (χ4v) is 6.21. The molecule has 0 bridgehead atoms. The molecule has 3 aromatic carbocycles. The summed E-state index contributed by atoms with van der Waals surface area (Å²) < 4.78 is 34.8. The molecule has 0 amide bonds. The van der Waals surface area contributed by atoms with Gasteiger partial charge in [0.2, 0.25) is 5.13 Å². The lowest BCUT2D eigenvalue weighted by Gasteiger charge is -2.22. The quantitative estimate of drug-likeness (QED) is 0.352. The molecule has 0 spiro atoms. The number of carbonyl (C=O) groups is 1. The van der Waals surface area contributed by atoms with E-state index >= 15 is 0 Å². The number of fused-ring (bicyclic) bond motifs is 1. The lowest BCUT2D eigenvalue weighted by Crippen LogP contribution is -2.26. The van der Waals surface area contributed by atoms with Crippen molar-refractivity contribution in [2.75, 3.05) is 11.4 Å². The number of carbonyl (C=O) groups excluding carboxylic acids is 1. The summed E-state index contributed by atoms with van der Waals surface area (Å²) in [6.45, 7) is 3.88. The Balaban J connectivity index is 1.92. The van der Waals surface area contributed by atoms with E-state index in [1.807, 2.05) is 38.1 Å². The molecule has 0 fully saturated rings. The number of nitrogens with zero attached hydrogens (tertiary/aromatic N) is 2. The molecule has 0 saturated heterocycles.